The highest BCUT2D eigenvalue weighted by Crippen LogP contribution is 2.30. The number of hydrogen-bond donors (Lipinski definition) is 2. The highest BCUT2D eigenvalue weighted by atomic mass is 19.1. The number of aromatic nitrogens is 1. The lowest BCUT2D eigenvalue weighted by atomic mass is 10.1. The number of benzene rings is 2. The Morgan fingerprint density at radius 3 is 2.50 bits per heavy atom. The van der Waals surface area contributed by atoms with E-state index in [1.807, 2.05) is 0 Å². The molecule has 24 heavy (non-hydrogen) atoms. The van der Waals surface area contributed by atoms with Crippen LogP contribution >= 0.6 is 0 Å². The summed E-state index contributed by atoms with van der Waals surface area (Å²) in [6, 6.07) is 13.9. The Kier molecular flexibility index (Phi) is 4.07. The third kappa shape index (κ3) is 3.30. The van der Waals surface area contributed by atoms with E-state index in [0.29, 0.717) is 22.5 Å². The topological polar surface area (TPSA) is 94.1 Å². The highest BCUT2D eigenvalue weighted by molar-refractivity contribution is 5.73. The van der Waals surface area contributed by atoms with E-state index in [4.69, 9.17) is 5.73 Å². The van der Waals surface area contributed by atoms with Crippen LogP contribution in [0.4, 0.5) is 27.3 Å². The number of nitrogen functional groups attached to an aromatic ring is 1. The second-order valence-electron chi connectivity index (χ2n) is 5.11. The zero-order chi connectivity index (χ0) is 17.1. The summed E-state index contributed by atoms with van der Waals surface area (Å²) in [6.07, 6.45) is 1.49. The molecule has 7 heteroatoms. The smallest absolute Gasteiger partial charge is 0.312 e. The van der Waals surface area contributed by atoms with Gasteiger partial charge in [-0.2, -0.15) is 0 Å². The SMILES string of the molecule is Nc1cccc(Nc2ncc(-c3ccc(F)cc3)cc2[N+](=O)[O-])c1. The van der Waals surface area contributed by atoms with Crippen molar-refractivity contribution in [3.63, 3.8) is 0 Å². The number of pyridine rings is 1. The largest absolute Gasteiger partial charge is 0.399 e. The van der Waals surface area contributed by atoms with Crippen LogP contribution in [0.15, 0.2) is 60.8 Å². The molecule has 1 heterocycles. The van der Waals surface area contributed by atoms with Crippen molar-refractivity contribution < 1.29 is 9.31 Å². The second-order valence-corrected chi connectivity index (χ2v) is 5.11. The van der Waals surface area contributed by atoms with Gasteiger partial charge in [0.15, 0.2) is 0 Å². The Balaban J connectivity index is 1.98. The summed E-state index contributed by atoms with van der Waals surface area (Å²) in [5.41, 5.74) is 7.82. The average Bonchev–Trinajstić information content (AvgIpc) is 2.56. The predicted octanol–water partition coefficient (Wildman–Crippen LogP) is 4.12. The Labute approximate surface area is 136 Å². The molecule has 3 aromatic rings. The zero-order valence-electron chi connectivity index (χ0n) is 12.4. The Hall–Kier alpha value is -3.48. The lowest BCUT2D eigenvalue weighted by Gasteiger charge is -2.08. The van der Waals surface area contributed by atoms with Crippen LogP contribution in [0, 0.1) is 15.9 Å². The summed E-state index contributed by atoms with van der Waals surface area (Å²) in [4.78, 5) is 15.0. The van der Waals surface area contributed by atoms with Gasteiger partial charge in [-0.3, -0.25) is 10.1 Å². The molecule has 1 aromatic heterocycles. The number of halogens is 1. The van der Waals surface area contributed by atoms with Crippen molar-refractivity contribution in [1.82, 2.24) is 4.98 Å². The molecule has 3 N–H and O–H groups in total. The first-order valence-corrected chi connectivity index (χ1v) is 7.06. The molecular weight excluding hydrogens is 311 g/mol. The monoisotopic (exact) mass is 324 g/mol. The molecule has 3 rings (SSSR count). The molecule has 0 fully saturated rings. The van der Waals surface area contributed by atoms with E-state index >= 15 is 0 Å². The van der Waals surface area contributed by atoms with E-state index in [0.717, 1.165) is 0 Å². The molecule has 0 saturated heterocycles. The molecule has 0 radical (unpaired) electrons. The minimum atomic E-state index is -0.519. The first-order chi connectivity index (χ1) is 11.5. The van der Waals surface area contributed by atoms with Crippen LogP contribution in [0.1, 0.15) is 0 Å². The van der Waals surface area contributed by atoms with Crippen LogP contribution in [-0.2, 0) is 0 Å². The summed E-state index contributed by atoms with van der Waals surface area (Å²) < 4.78 is 13.0. The molecule has 0 saturated carbocycles. The lowest BCUT2D eigenvalue weighted by molar-refractivity contribution is -0.384. The van der Waals surface area contributed by atoms with Crippen LogP contribution in [0.3, 0.4) is 0 Å². The molecule has 120 valence electrons. The van der Waals surface area contributed by atoms with Crippen LogP contribution in [-0.4, -0.2) is 9.91 Å². The van der Waals surface area contributed by atoms with Gasteiger partial charge in [-0.05, 0) is 35.9 Å². The third-order valence-corrected chi connectivity index (χ3v) is 3.39. The molecule has 0 spiro atoms. The molecule has 0 amide bonds. The maximum Gasteiger partial charge on any atom is 0.312 e. The van der Waals surface area contributed by atoms with E-state index in [9.17, 15) is 14.5 Å². The van der Waals surface area contributed by atoms with Crippen molar-refractivity contribution in [3.05, 3.63) is 76.7 Å². The molecule has 0 aliphatic rings. The summed E-state index contributed by atoms with van der Waals surface area (Å²) in [5.74, 6) is -0.266. The van der Waals surface area contributed by atoms with Crippen LogP contribution in [0.5, 0.6) is 0 Å². The van der Waals surface area contributed by atoms with E-state index in [1.165, 1.54) is 24.4 Å². The van der Waals surface area contributed by atoms with Crippen molar-refractivity contribution in [1.29, 1.82) is 0 Å². The highest BCUT2D eigenvalue weighted by Gasteiger charge is 2.17. The van der Waals surface area contributed by atoms with Crippen molar-refractivity contribution in [2.75, 3.05) is 11.1 Å². The maximum absolute atomic E-state index is 13.0. The van der Waals surface area contributed by atoms with Crippen LogP contribution < -0.4 is 11.1 Å². The standard InChI is InChI=1S/C17H13FN4O2/c18-13-6-4-11(5-7-13)12-8-16(22(23)24)17(20-10-12)21-15-3-1-2-14(19)9-15/h1-10H,19H2,(H,20,21). The first-order valence-electron chi connectivity index (χ1n) is 7.06. The zero-order valence-corrected chi connectivity index (χ0v) is 12.4. The van der Waals surface area contributed by atoms with Gasteiger partial charge < -0.3 is 11.1 Å². The molecule has 0 aliphatic heterocycles. The first kappa shape index (κ1) is 15.4. The van der Waals surface area contributed by atoms with Gasteiger partial charge in [-0.25, -0.2) is 9.37 Å². The van der Waals surface area contributed by atoms with E-state index < -0.39 is 4.92 Å². The van der Waals surface area contributed by atoms with E-state index in [-0.39, 0.29) is 17.3 Å². The van der Waals surface area contributed by atoms with E-state index in [2.05, 4.69) is 10.3 Å². The van der Waals surface area contributed by atoms with Gasteiger partial charge in [-0.15, -0.1) is 0 Å². The summed E-state index contributed by atoms with van der Waals surface area (Å²) in [6.45, 7) is 0. The minimum Gasteiger partial charge on any atom is -0.399 e. The van der Waals surface area contributed by atoms with Gasteiger partial charge >= 0.3 is 5.69 Å². The number of anilines is 3. The van der Waals surface area contributed by atoms with Crippen molar-refractivity contribution in [2.24, 2.45) is 0 Å². The number of nitro groups is 1. The summed E-state index contributed by atoms with van der Waals surface area (Å²) in [7, 11) is 0. The normalized spacial score (nSPS) is 10.4. The van der Waals surface area contributed by atoms with Crippen LogP contribution in [0.2, 0.25) is 0 Å². The maximum atomic E-state index is 13.0. The Bertz CT molecular complexity index is 897. The fraction of sp³-hybridized carbons (Fsp3) is 0. The minimum absolute atomic E-state index is 0.108. The number of nitrogens with two attached hydrogens (primary N) is 1. The van der Waals surface area contributed by atoms with Gasteiger partial charge in [0.25, 0.3) is 0 Å². The van der Waals surface area contributed by atoms with Crippen molar-refractivity contribution in [3.8, 4) is 11.1 Å². The van der Waals surface area contributed by atoms with Gasteiger partial charge in [0.2, 0.25) is 5.82 Å². The molecule has 0 aliphatic carbocycles. The Morgan fingerprint density at radius 2 is 1.83 bits per heavy atom. The van der Waals surface area contributed by atoms with Crippen molar-refractivity contribution in [2.45, 2.75) is 0 Å². The molecule has 0 bridgehead atoms. The van der Waals surface area contributed by atoms with Gasteiger partial charge in [-0.1, -0.05) is 18.2 Å². The van der Waals surface area contributed by atoms with Crippen LogP contribution in [0.25, 0.3) is 11.1 Å². The fourth-order valence-electron chi connectivity index (χ4n) is 2.24. The molecular formula is C17H13FN4O2. The van der Waals surface area contributed by atoms with Gasteiger partial charge in [0.05, 0.1) is 4.92 Å². The lowest BCUT2D eigenvalue weighted by Crippen LogP contribution is -2.00. The van der Waals surface area contributed by atoms with E-state index in [1.54, 1.807) is 36.4 Å². The second kappa shape index (κ2) is 6.33. The molecule has 2 aromatic carbocycles. The third-order valence-electron chi connectivity index (χ3n) is 3.39. The number of rotatable bonds is 4. The number of nitrogens with zero attached hydrogens (tertiary/aromatic N) is 2. The molecule has 0 atom stereocenters. The molecule has 0 unspecified atom stereocenters. The number of nitrogens with one attached hydrogen (secondary N) is 1. The average molecular weight is 324 g/mol. The van der Waals surface area contributed by atoms with Gasteiger partial charge in [0.1, 0.15) is 5.82 Å². The number of hydrogen-bond acceptors (Lipinski definition) is 5. The Morgan fingerprint density at radius 1 is 1.08 bits per heavy atom. The summed E-state index contributed by atoms with van der Waals surface area (Å²) >= 11 is 0. The van der Waals surface area contributed by atoms with Crippen molar-refractivity contribution >= 4 is 22.9 Å². The van der Waals surface area contributed by atoms with Gasteiger partial charge in [0, 0.05) is 29.2 Å². The fourth-order valence-corrected chi connectivity index (χ4v) is 2.24. The summed E-state index contributed by atoms with van der Waals surface area (Å²) in [5, 5.41) is 14.2. The molecule has 6 nitrogen and oxygen atoms in total. The quantitative estimate of drug-likeness (QED) is 0.427. The predicted molar refractivity (Wildman–Crippen MR) is 90.4 cm³/mol.